The molecule has 0 saturated heterocycles. The number of amides is 1. The van der Waals surface area contributed by atoms with E-state index in [-0.39, 0.29) is 12.0 Å². The number of methoxy groups -OCH3 is 2. The SMILES string of the molecule is COc1ccc(C(=O)NC[C@@H]2OCCc3ccccc32)cc1OC. The van der Waals surface area contributed by atoms with Crippen LogP contribution in [-0.2, 0) is 11.2 Å². The van der Waals surface area contributed by atoms with Crippen LogP contribution in [0.1, 0.15) is 27.6 Å². The number of nitrogens with one attached hydrogen (secondary N) is 1. The molecular weight excluding hydrogens is 306 g/mol. The molecule has 24 heavy (non-hydrogen) atoms. The molecule has 0 fully saturated rings. The van der Waals surface area contributed by atoms with Crippen LogP contribution in [0, 0.1) is 0 Å². The van der Waals surface area contributed by atoms with Crippen molar-refractivity contribution in [3.63, 3.8) is 0 Å². The van der Waals surface area contributed by atoms with Gasteiger partial charge in [0.15, 0.2) is 11.5 Å². The van der Waals surface area contributed by atoms with Crippen molar-refractivity contribution in [1.82, 2.24) is 5.32 Å². The second-order valence-electron chi connectivity index (χ2n) is 5.59. The number of ether oxygens (including phenoxy) is 3. The molecule has 1 heterocycles. The average molecular weight is 327 g/mol. The summed E-state index contributed by atoms with van der Waals surface area (Å²) in [6, 6.07) is 13.3. The Bertz CT molecular complexity index is 729. The van der Waals surface area contributed by atoms with Crippen LogP contribution < -0.4 is 14.8 Å². The minimum absolute atomic E-state index is 0.112. The Morgan fingerprint density at radius 2 is 1.96 bits per heavy atom. The van der Waals surface area contributed by atoms with Crippen molar-refractivity contribution in [2.45, 2.75) is 12.5 Å². The van der Waals surface area contributed by atoms with Crippen molar-refractivity contribution in [2.75, 3.05) is 27.4 Å². The third-order valence-corrected chi connectivity index (χ3v) is 4.19. The summed E-state index contributed by atoms with van der Waals surface area (Å²) in [6.45, 7) is 1.11. The van der Waals surface area contributed by atoms with Crippen LogP contribution in [0.5, 0.6) is 11.5 Å². The fourth-order valence-electron chi connectivity index (χ4n) is 2.91. The molecule has 0 aliphatic carbocycles. The maximum absolute atomic E-state index is 12.4. The maximum atomic E-state index is 12.4. The number of carbonyl (C=O) groups excluding carboxylic acids is 1. The molecule has 1 aliphatic heterocycles. The first-order chi connectivity index (χ1) is 11.7. The highest BCUT2D eigenvalue weighted by atomic mass is 16.5. The zero-order valence-electron chi connectivity index (χ0n) is 13.9. The molecular formula is C19H21NO4. The van der Waals surface area contributed by atoms with E-state index in [0.29, 0.717) is 30.2 Å². The lowest BCUT2D eigenvalue weighted by Crippen LogP contribution is -2.31. The molecule has 1 aliphatic rings. The maximum Gasteiger partial charge on any atom is 0.251 e. The van der Waals surface area contributed by atoms with Gasteiger partial charge in [-0.2, -0.15) is 0 Å². The highest BCUT2D eigenvalue weighted by Crippen LogP contribution is 2.28. The lowest BCUT2D eigenvalue weighted by Gasteiger charge is -2.26. The molecule has 0 bridgehead atoms. The van der Waals surface area contributed by atoms with E-state index in [2.05, 4.69) is 17.4 Å². The van der Waals surface area contributed by atoms with Crippen LogP contribution in [-0.4, -0.2) is 33.3 Å². The first kappa shape index (κ1) is 16.3. The molecule has 0 unspecified atom stereocenters. The van der Waals surface area contributed by atoms with E-state index in [4.69, 9.17) is 14.2 Å². The topological polar surface area (TPSA) is 56.8 Å². The Morgan fingerprint density at radius 1 is 1.17 bits per heavy atom. The summed E-state index contributed by atoms with van der Waals surface area (Å²) in [4.78, 5) is 12.4. The molecule has 1 amide bonds. The highest BCUT2D eigenvalue weighted by Gasteiger charge is 2.21. The van der Waals surface area contributed by atoms with Crippen LogP contribution in [0.15, 0.2) is 42.5 Å². The van der Waals surface area contributed by atoms with E-state index >= 15 is 0 Å². The van der Waals surface area contributed by atoms with Crippen LogP contribution in [0.25, 0.3) is 0 Å². The molecule has 5 nitrogen and oxygen atoms in total. The predicted octanol–water partition coefficient (Wildman–Crippen LogP) is 2.75. The molecule has 2 aromatic rings. The van der Waals surface area contributed by atoms with Crippen molar-refractivity contribution in [2.24, 2.45) is 0 Å². The third-order valence-electron chi connectivity index (χ3n) is 4.19. The number of hydrogen-bond acceptors (Lipinski definition) is 4. The van der Waals surface area contributed by atoms with Crippen LogP contribution in [0.2, 0.25) is 0 Å². The summed E-state index contributed by atoms with van der Waals surface area (Å²) < 4.78 is 16.2. The van der Waals surface area contributed by atoms with Gasteiger partial charge in [-0.15, -0.1) is 0 Å². The number of fused-ring (bicyclic) bond motifs is 1. The number of hydrogen-bond donors (Lipinski definition) is 1. The van der Waals surface area contributed by atoms with Gasteiger partial charge >= 0.3 is 0 Å². The van der Waals surface area contributed by atoms with Crippen molar-refractivity contribution in [3.8, 4) is 11.5 Å². The van der Waals surface area contributed by atoms with Gasteiger partial charge in [0.1, 0.15) is 6.10 Å². The number of carbonyl (C=O) groups is 1. The van der Waals surface area contributed by atoms with Crippen molar-refractivity contribution in [1.29, 1.82) is 0 Å². The minimum Gasteiger partial charge on any atom is -0.493 e. The first-order valence-corrected chi connectivity index (χ1v) is 7.92. The van der Waals surface area contributed by atoms with E-state index in [1.165, 1.54) is 5.56 Å². The molecule has 126 valence electrons. The minimum atomic E-state index is -0.164. The van der Waals surface area contributed by atoms with Crippen LogP contribution in [0.4, 0.5) is 0 Å². The monoisotopic (exact) mass is 327 g/mol. The summed E-state index contributed by atoms with van der Waals surface area (Å²) in [5, 5.41) is 2.94. The van der Waals surface area contributed by atoms with Gasteiger partial charge in [0.2, 0.25) is 0 Å². The second-order valence-corrected chi connectivity index (χ2v) is 5.59. The first-order valence-electron chi connectivity index (χ1n) is 7.92. The molecule has 0 aromatic heterocycles. The van der Waals surface area contributed by atoms with Crippen molar-refractivity contribution < 1.29 is 19.0 Å². The molecule has 1 N–H and O–H groups in total. The fraction of sp³-hybridized carbons (Fsp3) is 0.316. The van der Waals surface area contributed by atoms with Gasteiger partial charge in [-0.1, -0.05) is 24.3 Å². The van der Waals surface area contributed by atoms with Gasteiger partial charge in [0, 0.05) is 12.1 Å². The Labute approximate surface area is 141 Å². The van der Waals surface area contributed by atoms with E-state index in [1.807, 2.05) is 12.1 Å². The number of rotatable bonds is 5. The van der Waals surface area contributed by atoms with Crippen LogP contribution in [0.3, 0.4) is 0 Å². The smallest absolute Gasteiger partial charge is 0.251 e. The van der Waals surface area contributed by atoms with E-state index in [0.717, 1.165) is 12.0 Å². The summed E-state index contributed by atoms with van der Waals surface area (Å²) >= 11 is 0. The van der Waals surface area contributed by atoms with Gasteiger partial charge < -0.3 is 19.5 Å². The molecule has 3 rings (SSSR count). The molecule has 0 radical (unpaired) electrons. The summed E-state index contributed by atoms with van der Waals surface area (Å²) in [6.07, 6.45) is 0.801. The fourth-order valence-corrected chi connectivity index (χ4v) is 2.91. The van der Waals surface area contributed by atoms with Crippen molar-refractivity contribution in [3.05, 3.63) is 59.2 Å². The zero-order valence-corrected chi connectivity index (χ0v) is 13.9. The van der Waals surface area contributed by atoms with Gasteiger partial charge in [0.05, 0.1) is 20.8 Å². The van der Waals surface area contributed by atoms with Gasteiger partial charge in [-0.25, -0.2) is 0 Å². The van der Waals surface area contributed by atoms with E-state index in [9.17, 15) is 4.79 Å². The van der Waals surface area contributed by atoms with E-state index < -0.39 is 0 Å². The lowest BCUT2D eigenvalue weighted by molar-refractivity contribution is 0.0411. The zero-order chi connectivity index (χ0) is 16.9. The average Bonchev–Trinajstić information content (AvgIpc) is 2.65. The highest BCUT2D eigenvalue weighted by molar-refractivity contribution is 5.94. The molecule has 5 heteroatoms. The standard InChI is InChI=1S/C19H21NO4/c1-22-16-8-7-14(11-17(16)23-2)19(21)20-12-18-15-6-4-3-5-13(15)9-10-24-18/h3-8,11,18H,9-10,12H2,1-2H3,(H,20,21)/t18-/m0/s1. The third kappa shape index (κ3) is 3.36. The van der Waals surface area contributed by atoms with E-state index in [1.54, 1.807) is 32.4 Å². The molecule has 1 atom stereocenters. The summed E-state index contributed by atoms with van der Waals surface area (Å²) in [5.74, 6) is 0.964. The van der Waals surface area contributed by atoms with Gasteiger partial charge in [-0.05, 0) is 35.7 Å². The summed E-state index contributed by atoms with van der Waals surface area (Å²) in [7, 11) is 3.11. The molecule has 0 saturated carbocycles. The largest absolute Gasteiger partial charge is 0.493 e. The lowest BCUT2D eigenvalue weighted by atomic mass is 9.97. The molecule has 0 spiro atoms. The van der Waals surface area contributed by atoms with Crippen molar-refractivity contribution >= 4 is 5.91 Å². The molecule has 2 aromatic carbocycles. The quantitative estimate of drug-likeness (QED) is 0.917. The normalized spacial score (nSPS) is 16.2. The Kier molecular flexibility index (Phi) is 5.01. The summed E-state index contributed by atoms with van der Waals surface area (Å²) in [5.41, 5.74) is 2.96. The van der Waals surface area contributed by atoms with Gasteiger partial charge in [0.25, 0.3) is 5.91 Å². The Balaban J connectivity index is 1.68. The van der Waals surface area contributed by atoms with Gasteiger partial charge in [-0.3, -0.25) is 4.79 Å². The predicted molar refractivity (Wildman–Crippen MR) is 90.7 cm³/mol. The Morgan fingerprint density at radius 3 is 2.75 bits per heavy atom. The second kappa shape index (κ2) is 7.36. The van der Waals surface area contributed by atoms with Crippen LogP contribution >= 0.6 is 0 Å². The Hall–Kier alpha value is -2.53. The number of benzene rings is 2.